The number of ether oxygens (including phenoxy) is 1. The van der Waals surface area contributed by atoms with Crippen LogP contribution in [0.2, 0.25) is 5.02 Å². The maximum Gasteiger partial charge on any atom is 0.345 e. The molecule has 0 heterocycles. The number of hydrogen-bond donors (Lipinski definition) is 1. The fourth-order valence-electron chi connectivity index (χ4n) is 2.27. The summed E-state index contributed by atoms with van der Waals surface area (Å²) in [7, 11) is 0. The normalized spacial score (nSPS) is 12.0. The van der Waals surface area contributed by atoms with Gasteiger partial charge in [0, 0.05) is 6.42 Å². The van der Waals surface area contributed by atoms with Gasteiger partial charge in [-0.2, -0.15) is 0 Å². The summed E-state index contributed by atoms with van der Waals surface area (Å²) >= 11 is 6.01. The molecule has 110 valence electrons. The molecule has 0 unspecified atom stereocenters. The molecule has 0 spiro atoms. The van der Waals surface area contributed by atoms with E-state index in [0.29, 0.717) is 17.2 Å². The van der Waals surface area contributed by atoms with E-state index in [4.69, 9.17) is 16.3 Å². The van der Waals surface area contributed by atoms with Gasteiger partial charge in [0.05, 0.1) is 5.02 Å². The fraction of sp³-hybridized carbons (Fsp3) is 0.235. The van der Waals surface area contributed by atoms with E-state index in [2.05, 4.69) is 0 Å². The highest BCUT2D eigenvalue weighted by Crippen LogP contribution is 2.25. The van der Waals surface area contributed by atoms with Crippen molar-refractivity contribution in [3.8, 4) is 5.75 Å². The van der Waals surface area contributed by atoms with Gasteiger partial charge in [0.1, 0.15) is 5.75 Å². The second kappa shape index (κ2) is 6.64. The van der Waals surface area contributed by atoms with Crippen LogP contribution in [0.3, 0.4) is 0 Å². The van der Waals surface area contributed by atoms with E-state index in [1.807, 2.05) is 32.0 Å². The minimum absolute atomic E-state index is 0.295. The first-order valence-corrected chi connectivity index (χ1v) is 7.04. The van der Waals surface area contributed by atoms with Gasteiger partial charge in [-0.05, 0) is 31.5 Å². The van der Waals surface area contributed by atoms with Gasteiger partial charge in [0.25, 0.3) is 0 Å². The molecule has 0 aliphatic rings. The van der Waals surface area contributed by atoms with Gasteiger partial charge in [-0.25, -0.2) is 4.79 Å². The molecule has 3 nitrogen and oxygen atoms in total. The minimum Gasteiger partial charge on any atom is -0.478 e. The Morgan fingerprint density at radius 1 is 1.19 bits per heavy atom. The van der Waals surface area contributed by atoms with E-state index < -0.39 is 12.1 Å². The molecule has 2 rings (SSSR count). The Morgan fingerprint density at radius 2 is 1.81 bits per heavy atom. The first-order valence-electron chi connectivity index (χ1n) is 6.67. The Morgan fingerprint density at radius 3 is 2.38 bits per heavy atom. The lowest BCUT2D eigenvalue weighted by molar-refractivity contribution is -0.145. The Hall–Kier alpha value is -2.00. The Labute approximate surface area is 129 Å². The molecular formula is C17H17ClO3. The number of halogens is 1. The topological polar surface area (TPSA) is 46.5 Å². The van der Waals surface area contributed by atoms with Crippen LogP contribution in [0.1, 0.15) is 16.7 Å². The summed E-state index contributed by atoms with van der Waals surface area (Å²) in [6.07, 6.45) is -0.672. The monoisotopic (exact) mass is 304 g/mol. The fourth-order valence-corrected chi connectivity index (χ4v) is 2.45. The number of carbonyl (C=O) groups is 1. The highest BCUT2D eigenvalue weighted by atomic mass is 35.5. The number of rotatable bonds is 5. The van der Waals surface area contributed by atoms with Crippen molar-refractivity contribution < 1.29 is 14.6 Å². The van der Waals surface area contributed by atoms with Gasteiger partial charge in [-0.3, -0.25) is 0 Å². The van der Waals surface area contributed by atoms with Gasteiger partial charge < -0.3 is 9.84 Å². The lowest BCUT2D eigenvalue weighted by Gasteiger charge is -2.16. The van der Waals surface area contributed by atoms with E-state index in [1.54, 1.807) is 24.3 Å². The maximum atomic E-state index is 11.4. The summed E-state index contributed by atoms with van der Waals surface area (Å²) < 4.78 is 5.56. The van der Waals surface area contributed by atoms with Crippen LogP contribution in [0.4, 0.5) is 0 Å². The van der Waals surface area contributed by atoms with Crippen LogP contribution in [0.25, 0.3) is 0 Å². The van der Waals surface area contributed by atoms with Crippen molar-refractivity contribution in [2.75, 3.05) is 0 Å². The Bertz CT molecular complexity index is 632. The highest BCUT2D eigenvalue weighted by molar-refractivity contribution is 6.32. The van der Waals surface area contributed by atoms with Gasteiger partial charge in [-0.1, -0.05) is 53.1 Å². The van der Waals surface area contributed by atoms with Crippen LogP contribution < -0.4 is 4.74 Å². The summed E-state index contributed by atoms with van der Waals surface area (Å²) in [5.74, 6) is -0.620. The molecule has 0 aromatic heterocycles. The van der Waals surface area contributed by atoms with Crippen LogP contribution in [0, 0.1) is 13.8 Å². The Balaban J connectivity index is 2.20. The Kier molecular flexibility index (Phi) is 4.86. The molecule has 0 saturated carbocycles. The molecule has 2 aromatic rings. The van der Waals surface area contributed by atoms with Crippen LogP contribution in [0.15, 0.2) is 42.5 Å². The van der Waals surface area contributed by atoms with Crippen molar-refractivity contribution in [2.45, 2.75) is 26.4 Å². The highest BCUT2D eigenvalue weighted by Gasteiger charge is 2.21. The van der Waals surface area contributed by atoms with Crippen LogP contribution in [-0.4, -0.2) is 17.2 Å². The minimum atomic E-state index is -1.01. The molecule has 4 heteroatoms. The second-order valence-electron chi connectivity index (χ2n) is 5.08. The first-order chi connectivity index (χ1) is 9.95. The van der Waals surface area contributed by atoms with E-state index in [9.17, 15) is 9.90 Å². The number of carboxylic acids is 1. The van der Waals surface area contributed by atoms with Crippen LogP contribution >= 0.6 is 11.6 Å². The van der Waals surface area contributed by atoms with Crippen LogP contribution in [0.5, 0.6) is 5.75 Å². The zero-order valence-corrected chi connectivity index (χ0v) is 12.7. The van der Waals surface area contributed by atoms with E-state index in [1.165, 1.54) is 0 Å². The number of aliphatic carboxylic acids is 1. The number of aryl methyl sites for hydroxylation is 2. The standard InChI is InChI=1S/C17H17ClO3/c1-11-7-12(2)9-13(8-11)10-16(17(19)20)21-15-6-4-3-5-14(15)18/h3-9,16H,10H2,1-2H3,(H,19,20)/t16-/m0/s1. The van der Waals surface area contributed by atoms with E-state index >= 15 is 0 Å². The molecule has 0 fully saturated rings. The molecule has 0 radical (unpaired) electrons. The van der Waals surface area contributed by atoms with Crippen molar-refractivity contribution in [2.24, 2.45) is 0 Å². The molecule has 0 aliphatic heterocycles. The predicted octanol–water partition coefficient (Wildman–Crippen LogP) is 4.03. The third-order valence-corrected chi connectivity index (χ3v) is 3.40. The molecule has 1 atom stereocenters. The average molecular weight is 305 g/mol. The first kappa shape index (κ1) is 15.4. The lowest BCUT2D eigenvalue weighted by atomic mass is 10.0. The summed E-state index contributed by atoms with van der Waals surface area (Å²) in [4.78, 5) is 11.4. The summed E-state index contributed by atoms with van der Waals surface area (Å²) in [5.41, 5.74) is 3.14. The SMILES string of the molecule is Cc1cc(C)cc(C[C@H](Oc2ccccc2Cl)C(=O)O)c1. The zero-order valence-electron chi connectivity index (χ0n) is 12.0. The third kappa shape index (κ3) is 4.23. The van der Waals surface area contributed by atoms with Crippen molar-refractivity contribution >= 4 is 17.6 Å². The third-order valence-electron chi connectivity index (χ3n) is 3.08. The summed E-state index contributed by atoms with van der Waals surface area (Å²) in [6, 6.07) is 12.9. The van der Waals surface area contributed by atoms with E-state index in [-0.39, 0.29) is 0 Å². The molecule has 0 bridgehead atoms. The van der Waals surface area contributed by atoms with Crippen molar-refractivity contribution in [1.29, 1.82) is 0 Å². The van der Waals surface area contributed by atoms with Gasteiger partial charge in [0.2, 0.25) is 0 Å². The number of para-hydroxylation sites is 1. The number of carboxylic acid groups (broad SMARTS) is 1. The zero-order chi connectivity index (χ0) is 15.4. The second-order valence-corrected chi connectivity index (χ2v) is 5.48. The molecule has 0 aliphatic carbocycles. The maximum absolute atomic E-state index is 11.4. The summed E-state index contributed by atoms with van der Waals surface area (Å²) in [5, 5.41) is 9.76. The average Bonchev–Trinajstić information content (AvgIpc) is 2.39. The number of benzene rings is 2. The molecule has 2 aromatic carbocycles. The van der Waals surface area contributed by atoms with Gasteiger partial charge >= 0.3 is 5.97 Å². The smallest absolute Gasteiger partial charge is 0.345 e. The molecule has 0 saturated heterocycles. The number of hydrogen-bond acceptors (Lipinski definition) is 2. The molecular weight excluding hydrogens is 288 g/mol. The van der Waals surface area contributed by atoms with E-state index in [0.717, 1.165) is 16.7 Å². The van der Waals surface area contributed by atoms with Crippen LogP contribution in [-0.2, 0) is 11.2 Å². The van der Waals surface area contributed by atoms with Crippen molar-refractivity contribution in [3.05, 3.63) is 64.2 Å². The van der Waals surface area contributed by atoms with Crippen molar-refractivity contribution in [1.82, 2.24) is 0 Å². The lowest BCUT2D eigenvalue weighted by Crippen LogP contribution is -2.29. The molecule has 21 heavy (non-hydrogen) atoms. The largest absolute Gasteiger partial charge is 0.478 e. The summed E-state index contributed by atoms with van der Waals surface area (Å²) in [6.45, 7) is 3.97. The molecule has 0 amide bonds. The predicted molar refractivity (Wildman–Crippen MR) is 83.1 cm³/mol. The molecule has 1 N–H and O–H groups in total. The van der Waals surface area contributed by atoms with Crippen molar-refractivity contribution in [3.63, 3.8) is 0 Å². The quantitative estimate of drug-likeness (QED) is 0.907. The van der Waals surface area contributed by atoms with Gasteiger partial charge in [-0.15, -0.1) is 0 Å². The van der Waals surface area contributed by atoms with Gasteiger partial charge in [0.15, 0.2) is 6.10 Å².